The molecule has 0 aromatic carbocycles. The van der Waals surface area contributed by atoms with Crippen molar-refractivity contribution in [3.63, 3.8) is 0 Å². The number of allylic oxidation sites excluding steroid dienone is 1. The van der Waals surface area contributed by atoms with Crippen LogP contribution in [0.1, 0.15) is 39.2 Å². The van der Waals surface area contributed by atoms with E-state index in [1.54, 1.807) is 13.3 Å². The zero-order valence-corrected chi connectivity index (χ0v) is 18.4. The number of hydrogen-bond donors (Lipinski definition) is 1. The number of aromatic nitrogens is 2. The summed E-state index contributed by atoms with van der Waals surface area (Å²) >= 11 is 0. The van der Waals surface area contributed by atoms with Crippen LogP contribution < -0.4 is 5.32 Å². The zero-order valence-electron chi connectivity index (χ0n) is 18.4. The summed E-state index contributed by atoms with van der Waals surface area (Å²) < 4.78 is 6.97. The van der Waals surface area contributed by atoms with Crippen LogP contribution in [0, 0.1) is 11.8 Å². The second-order valence-corrected chi connectivity index (χ2v) is 8.51. The number of anilines is 1. The van der Waals surface area contributed by atoms with Gasteiger partial charge >= 0.3 is 0 Å². The molecule has 8 nitrogen and oxygen atoms in total. The maximum Gasteiger partial charge on any atom is 0.239 e. The molecule has 30 heavy (non-hydrogen) atoms. The van der Waals surface area contributed by atoms with Crippen molar-refractivity contribution in [1.29, 1.82) is 0 Å². The van der Waals surface area contributed by atoms with E-state index < -0.39 is 0 Å². The third-order valence-corrected chi connectivity index (χ3v) is 6.07. The van der Waals surface area contributed by atoms with Crippen molar-refractivity contribution in [2.45, 2.75) is 39.2 Å². The Hall–Kier alpha value is -2.19. The number of methoxy groups -OCH3 is 1. The van der Waals surface area contributed by atoms with Gasteiger partial charge in [0.2, 0.25) is 11.8 Å². The first kappa shape index (κ1) is 22.5. The van der Waals surface area contributed by atoms with Crippen molar-refractivity contribution in [1.82, 2.24) is 19.6 Å². The summed E-state index contributed by atoms with van der Waals surface area (Å²) in [7, 11) is 1.66. The SMILES string of the molecule is COCCN1CC=CC[C@@H](C2CCN(CC(=O)Nc3ccnn3C(C)C)CC2)C1=O. The molecule has 0 spiro atoms. The maximum absolute atomic E-state index is 13.0. The van der Waals surface area contributed by atoms with Crippen LogP contribution in [0.5, 0.6) is 0 Å². The van der Waals surface area contributed by atoms with Crippen LogP contribution in [0.15, 0.2) is 24.4 Å². The molecular weight excluding hydrogens is 382 g/mol. The summed E-state index contributed by atoms with van der Waals surface area (Å²) in [4.78, 5) is 29.6. The zero-order chi connectivity index (χ0) is 21.5. The number of rotatable bonds is 8. The fourth-order valence-electron chi connectivity index (χ4n) is 4.39. The number of carbonyl (C=O) groups excluding carboxylic acids is 2. The molecule has 1 aromatic rings. The molecule has 1 fully saturated rings. The van der Waals surface area contributed by atoms with Gasteiger partial charge in [-0.05, 0) is 52.1 Å². The lowest BCUT2D eigenvalue weighted by atomic mass is 9.81. The molecule has 0 radical (unpaired) electrons. The molecule has 8 heteroatoms. The monoisotopic (exact) mass is 417 g/mol. The number of nitrogens with zero attached hydrogens (tertiary/aromatic N) is 4. The third-order valence-electron chi connectivity index (χ3n) is 6.07. The van der Waals surface area contributed by atoms with Crippen molar-refractivity contribution in [3.05, 3.63) is 24.4 Å². The molecule has 2 aliphatic heterocycles. The lowest BCUT2D eigenvalue weighted by Crippen LogP contribution is -2.44. The van der Waals surface area contributed by atoms with Gasteiger partial charge in [-0.15, -0.1) is 0 Å². The van der Waals surface area contributed by atoms with E-state index in [1.807, 2.05) is 29.5 Å². The smallest absolute Gasteiger partial charge is 0.239 e. The topological polar surface area (TPSA) is 79.7 Å². The van der Waals surface area contributed by atoms with E-state index in [0.29, 0.717) is 32.2 Å². The average Bonchev–Trinajstić information content (AvgIpc) is 3.11. The standard InChI is InChI=1S/C22H35N5O3/c1-17(2)27-20(7-10-23-27)24-21(28)16-25-12-8-18(9-13-25)19-6-4-5-11-26(22(19)29)14-15-30-3/h4-5,7,10,17-19H,6,8-9,11-16H2,1-3H3,(H,24,28)/t19-/m0/s1. The van der Waals surface area contributed by atoms with Crippen LogP contribution >= 0.6 is 0 Å². The number of nitrogens with one attached hydrogen (secondary N) is 1. The third kappa shape index (κ3) is 5.70. The Morgan fingerprint density at radius 2 is 2.07 bits per heavy atom. The van der Waals surface area contributed by atoms with E-state index in [1.165, 1.54) is 0 Å². The van der Waals surface area contributed by atoms with E-state index in [2.05, 4.69) is 27.5 Å². The molecule has 3 rings (SSSR count). The molecule has 0 bridgehead atoms. The van der Waals surface area contributed by atoms with Gasteiger partial charge in [0.15, 0.2) is 0 Å². The van der Waals surface area contributed by atoms with Gasteiger partial charge in [-0.1, -0.05) is 12.2 Å². The highest BCUT2D eigenvalue weighted by atomic mass is 16.5. The van der Waals surface area contributed by atoms with Crippen LogP contribution in [0.4, 0.5) is 5.82 Å². The predicted octanol–water partition coefficient (Wildman–Crippen LogP) is 2.17. The molecule has 0 saturated carbocycles. The lowest BCUT2D eigenvalue weighted by Gasteiger charge is -2.36. The van der Waals surface area contributed by atoms with E-state index in [0.717, 1.165) is 38.2 Å². The highest BCUT2D eigenvalue weighted by Gasteiger charge is 2.34. The second-order valence-electron chi connectivity index (χ2n) is 8.51. The normalized spacial score (nSPS) is 21.3. The Kier molecular flexibility index (Phi) is 8.04. The molecule has 2 aliphatic rings. The number of hydrogen-bond acceptors (Lipinski definition) is 5. The Morgan fingerprint density at radius 1 is 1.30 bits per heavy atom. The highest BCUT2D eigenvalue weighted by molar-refractivity contribution is 5.91. The molecule has 1 saturated heterocycles. The Bertz CT molecular complexity index is 737. The van der Waals surface area contributed by atoms with Gasteiger partial charge in [-0.2, -0.15) is 5.10 Å². The molecule has 2 amide bonds. The Labute approximate surface area is 179 Å². The van der Waals surface area contributed by atoms with Crippen molar-refractivity contribution in [2.75, 3.05) is 51.8 Å². The van der Waals surface area contributed by atoms with Gasteiger partial charge in [0.05, 0.1) is 19.3 Å². The molecule has 0 unspecified atom stereocenters. The minimum absolute atomic E-state index is 0.0185. The summed E-state index contributed by atoms with van der Waals surface area (Å²) in [5.74, 6) is 1.37. The minimum atomic E-state index is -0.0185. The van der Waals surface area contributed by atoms with Gasteiger partial charge in [-0.25, -0.2) is 4.68 Å². The van der Waals surface area contributed by atoms with Crippen LogP contribution in [0.25, 0.3) is 0 Å². The van der Waals surface area contributed by atoms with Crippen LogP contribution in [-0.4, -0.2) is 77.8 Å². The van der Waals surface area contributed by atoms with Gasteiger partial charge in [0.1, 0.15) is 5.82 Å². The first-order valence-corrected chi connectivity index (χ1v) is 11.0. The second kappa shape index (κ2) is 10.7. The lowest BCUT2D eigenvalue weighted by molar-refractivity contribution is -0.138. The summed E-state index contributed by atoms with van der Waals surface area (Å²) in [5.41, 5.74) is 0. The fraction of sp³-hybridized carbons (Fsp3) is 0.682. The van der Waals surface area contributed by atoms with E-state index in [-0.39, 0.29) is 23.8 Å². The number of amides is 2. The van der Waals surface area contributed by atoms with Crippen molar-refractivity contribution in [2.24, 2.45) is 11.8 Å². The molecule has 3 heterocycles. The molecular formula is C22H35N5O3. The summed E-state index contributed by atoms with van der Waals surface area (Å²) in [6, 6.07) is 2.02. The van der Waals surface area contributed by atoms with Gasteiger partial charge < -0.3 is 15.0 Å². The molecule has 1 aromatic heterocycles. The first-order valence-electron chi connectivity index (χ1n) is 11.0. The summed E-state index contributed by atoms with van der Waals surface area (Å²) in [5, 5.41) is 7.23. The number of carbonyl (C=O) groups is 2. The minimum Gasteiger partial charge on any atom is -0.383 e. The van der Waals surface area contributed by atoms with Gasteiger partial charge in [0.25, 0.3) is 0 Å². The van der Waals surface area contributed by atoms with E-state index in [9.17, 15) is 9.59 Å². The maximum atomic E-state index is 13.0. The van der Waals surface area contributed by atoms with Gasteiger partial charge in [0, 0.05) is 38.2 Å². The van der Waals surface area contributed by atoms with E-state index in [4.69, 9.17) is 4.74 Å². The largest absolute Gasteiger partial charge is 0.383 e. The molecule has 166 valence electrons. The Morgan fingerprint density at radius 3 is 2.77 bits per heavy atom. The highest BCUT2D eigenvalue weighted by Crippen LogP contribution is 2.30. The average molecular weight is 418 g/mol. The van der Waals surface area contributed by atoms with Crippen LogP contribution in [0.3, 0.4) is 0 Å². The summed E-state index contributed by atoms with van der Waals surface area (Å²) in [6.45, 7) is 8.00. The Balaban J connectivity index is 1.49. The first-order chi connectivity index (χ1) is 14.5. The number of likely N-dealkylation sites (tertiary alicyclic amines) is 1. The molecule has 1 N–H and O–H groups in total. The van der Waals surface area contributed by atoms with Crippen molar-refractivity contribution in [3.8, 4) is 0 Å². The van der Waals surface area contributed by atoms with Crippen LogP contribution in [0.2, 0.25) is 0 Å². The van der Waals surface area contributed by atoms with Gasteiger partial charge in [-0.3, -0.25) is 14.5 Å². The molecule has 0 aliphatic carbocycles. The van der Waals surface area contributed by atoms with E-state index >= 15 is 0 Å². The predicted molar refractivity (Wildman–Crippen MR) is 116 cm³/mol. The van der Waals surface area contributed by atoms with Crippen LogP contribution in [-0.2, 0) is 14.3 Å². The van der Waals surface area contributed by atoms with Crippen molar-refractivity contribution < 1.29 is 14.3 Å². The summed E-state index contributed by atoms with van der Waals surface area (Å²) in [6.07, 6.45) is 8.64. The molecule has 1 atom stereocenters. The van der Waals surface area contributed by atoms with Crippen molar-refractivity contribution >= 4 is 17.6 Å². The quantitative estimate of drug-likeness (QED) is 0.656. The fourth-order valence-corrected chi connectivity index (χ4v) is 4.39. The number of ether oxygens (including phenoxy) is 1. The number of piperidine rings is 1.